The van der Waals surface area contributed by atoms with Crippen LogP contribution in [0.2, 0.25) is 0 Å². The van der Waals surface area contributed by atoms with E-state index in [1.165, 1.54) is 23.7 Å². The van der Waals surface area contributed by atoms with E-state index in [4.69, 9.17) is 5.73 Å². The van der Waals surface area contributed by atoms with Gasteiger partial charge in [-0.2, -0.15) is 5.10 Å². The molecule has 1 saturated carbocycles. The number of nitrogens with one attached hydrogen (secondary N) is 1. The van der Waals surface area contributed by atoms with Gasteiger partial charge in [-0.25, -0.2) is 9.67 Å². The number of primary amides is 1. The minimum atomic E-state index is -0.489. The molecule has 0 unspecified atom stereocenters. The Kier molecular flexibility index (Phi) is 3.00. The average Bonchev–Trinajstić information content (AvgIpc) is 3.11. The van der Waals surface area contributed by atoms with Crippen molar-refractivity contribution in [3.63, 3.8) is 0 Å². The highest BCUT2D eigenvalue weighted by atomic mass is 16.1. The Morgan fingerprint density at radius 1 is 1.42 bits per heavy atom. The lowest BCUT2D eigenvalue weighted by Crippen LogP contribution is -2.15. The van der Waals surface area contributed by atoms with Gasteiger partial charge in [0.05, 0.1) is 11.8 Å². The van der Waals surface area contributed by atoms with Crippen LogP contribution in [0, 0.1) is 0 Å². The highest BCUT2D eigenvalue weighted by Crippen LogP contribution is 2.19. The molecule has 1 amide bonds. The van der Waals surface area contributed by atoms with Gasteiger partial charge in [-0.15, -0.1) is 0 Å². The number of nitrogens with two attached hydrogens (primary N) is 1. The molecular weight excluding hydrogens is 242 g/mol. The molecule has 2 aromatic heterocycles. The normalized spacial score (nSPS) is 14.5. The Bertz CT molecular complexity index is 585. The summed E-state index contributed by atoms with van der Waals surface area (Å²) in [6, 6.07) is 4.56. The van der Waals surface area contributed by atoms with Crippen LogP contribution in [0.25, 0.3) is 5.82 Å². The van der Waals surface area contributed by atoms with Crippen LogP contribution in [0.1, 0.15) is 28.8 Å². The summed E-state index contributed by atoms with van der Waals surface area (Å²) >= 11 is 0. The number of hydrogen-bond acceptors (Lipinski definition) is 4. The zero-order valence-electron chi connectivity index (χ0n) is 10.4. The van der Waals surface area contributed by atoms with Crippen molar-refractivity contribution >= 4 is 5.91 Å². The molecule has 0 aliphatic heterocycles. The molecule has 0 bridgehead atoms. The summed E-state index contributed by atoms with van der Waals surface area (Å²) in [6.45, 7) is 0.837. The minimum absolute atomic E-state index is 0.376. The van der Waals surface area contributed by atoms with E-state index in [2.05, 4.69) is 15.4 Å². The number of pyridine rings is 1. The molecule has 1 fully saturated rings. The third kappa shape index (κ3) is 2.79. The number of aromatic nitrogens is 3. The first-order valence-corrected chi connectivity index (χ1v) is 6.25. The average molecular weight is 257 g/mol. The van der Waals surface area contributed by atoms with Gasteiger partial charge in [0, 0.05) is 25.0 Å². The van der Waals surface area contributed by atoms with E-state index in [1.807, 2.05) is 18.3 Å². The van der Waals surface area contributed by atoms with Crippen LogP contribution in [0.15, 0.2) is 30.7 Å². The topological polar surface area (TPSA) is 85.8 Å². The lowest BCUT2D eigenvalue weighted by molar-refractivity contribution is 0.100. The molecule has 1 aliphatic carbocycles. The summed E-state index contributed by atoms with van der Waals surface area (Å²) in [7, 11) is 0. The fourth-order valence-corrected chi connectivity index (χ4v) is 1.78. The van der Waals surface area contributed by atoms with Crippen molar-refractivity contribution in [1.29, 1.82) is 0 Å². The molecule has 0 saturated heterocycles. The van der Waals surface area contributed by atoms with E-state index in [0.29, 0.717) is 17.4 Å². The van der Waals surface area contributed by atoms with Gasteiger partial charge in [0.1, 0.15) is 0 Å². The Labute approximate surface area is 110 Å². The van der Waals surface area contributed by atoms with E-state index in [0.717, 1.165) is 12.1 Å². The van der Waals surface area contributed by atoms with Crippen molar-refractivity contribution in [2.75, 3.05) is 0 Å². The first-order valence-electron chi connectivity index (χ1n) is 6.25. The highest BCUT2D eigenvalue weighted by molar-refractivity contribution is 5.92. The molecule has 2 aromatic rings. The van der Waals surface area contributed by atoms with Crippen molar-refractivity contribution in [2.45, 2.75) is 25.4 Å². The number of nitrogens with zero attached hydrogens (tertiary/aromatic N) is 3. The van der Waals surface area contributed by atoms with Gasteiger partial charge in [-0.3, -0.25) is 4.79 Å². The second-order valence-electron chi connectivity index (χ2n) is 4.72. The lowest BCUT2D eigenvalue weighted by atomic mass is 10.3. The summed E-state index contributed by atoms with van der Waals surface area (Å²) < 4.78 is 1.54. The van der Waals surface area contributed by atoms with Gasteiger partial charge in [-0.1, -0.05) is 6.07 Å². The number of rotatable bonds is 5. The van der Waals surface area contributed by atoms with E-state index in [-0.39, 0.29) is 0 Å². The minimum Gasteiger partial charge on any atom is -0.366 e. The van der Waals surface area contributed by atoms with E-state index >= 15 is 0 Å². The van der Waals surface area contributed by atoms with E-state index in [9.17, 15) is 4.79 Å². The maximum atomic E-state index is 11.0. The molecular formula is C13H15N5O. The molecule has 0 aromatic carbocycles. The molecule has 1 aliphatic rings. The molecule has 98 valence electrons. The van der Waals surface area contributed by atoms with Crippen molar-refractivity contribution in [3.05, 3.63) is 41.9 Å². The van der Waals surface area contributed by atoms with Crippen LogP contribution in [0.4, 0.5) is 0 Å². The second kappa shape index (κ2) is 4.81. The second-order valence-corrected chi connectivity index (χ2v) is 4.72. The summed E-state index contributed by atoms with van der Waals surface area (Å²) in [4.78, 5) is 15.3. The van der Waals surface area contributed by atoms with Crippen LogP contribution in [0.3, 0.4) is 0 Å². The van der Waals surface area contributed by atoms with Crippen LogP contribution < -0.4 is 11.1 Å². The summed E-state index contributed by atoms with van der Waals surface area (Å²) in [5.74, 6) is 0.180. The van der Waals surface area contributed by atoms with Gasteiger partial charge < -0.3 is 11.1 Å². The Hall–Kier alpha value is -2.21. The van der Waals surface area contributed by atoms with E-state index in [1.54, 1.807) is 6.20 Å². The van der Waals surface area contributed by atoms with Gasteiger partial charge in [0.2, 0.25) is 0 Å². The van der Waals surface area contributed by atoms with Crippen LogP contribution in [-0.4, -0.2) is 26.7 Å². The monoisotopic (exact) mass is 257 g/mol. The predicted octanol–water partition coefficient (Wildman–Crippen LogP) is 0.618. The van der Waals surface area contributed by atoms with Gasteiger partial charge in [-0.05, 0) is 24.5 Å². The number of carbonyl (C=O) groups is 1. The van der Waals surface area contributed by atoms with Gasteiger partial charge in [0.25, 0.3) is 5.91 Å². The van der Waals surface area contributed by atoms with Crippen molar-refractivity contribution in [2.24, 2.45) is 5.73 Å². The van der Waals surface area contributed by atoms with Crippen molar-refractivity contribution in [1.82, 2.24) is 20.1 Å². The standard InChI is InChI=1S/C13H15N5O/c14-13(19)10-7-17-18(8-10)12-4-1-9(6-16-12)5-15-11-2-3-11/h1,4,6-8,11,15H,2-3,5H2,(H2,14,19). The zero-order chi connectivity index (χ0) is 13.2. The number of carbonyl (C=O) groups excluding carboxylic acids is 1. The van der Waals surface area contributed by atoms with Gasteiger partial charge >= 0.3 is 0 Å². The third-order valence-corrected chi connectivity index (χ3v) is 3.08. The molecule has 3 rings (SSSR count). The number of amides is 1. The Morgan fingerprint density at radius 3 is 2.84 bits per heavy atom. The molecule has 6 nitrogen and oxygen atoms in total. The molecule has 0 spiro atoms. The first-order chi connectivity index (χ1) is 9.22. The SMILES string of the molecule is NC(=O)c1cnn(-c2ccc(CNC3CC3)cn2)c1. The first kappa shape index (κ1) is 11.9. The fraction of sp³-hybridized carbons (Fsp3) is 0.308. The van der Waals surface area contributed by atoms with Crippen LogP contribution in [0.5, 0.6) is 0 Å². The molecule has 0 radical (unpaired) electrons. The van der Waals surface area contributed by atoms with Crippen molar-refractivity contribution in [3.8, 4) is 5.82 Å². The summed E-state index contributed by atoms with van der Waals surface area (Å²) in [6.07, 6.45) is 7.37. The van der Waals surface area contributed by atoms with Crippen molar-refractivity contribution < 1.29 is 4.79 Å². The van der Waals surface area contributed by atoms with Crippen LogP contribution in [-0.2, 0) is 6.54 Å². The largest absolute Gasteiger partial charge is 0.366 e. The molecule has 2 heterocycles. The Balaban J connectivity index is 1.71. The molecule has 19 heavy (non-hydrogen) atoms. The molecule has 0 atom stereocenters. The number of hydrogen-bond donors (Lipinski definition) is 2. The fourth-order valence-electron chi connectivity index (χ4n) is 1.78. The Morgan fingerprint density at radius 2 is 2.26 bits per heavy atom. The predicted molar refractivity (Wildman–Crippen MR) is 69.7 cm³/mol. The highest BCUT2D eigenvalue weighted by Gasteiger charge is 2.19. The maximum absolute atomic E-state index is 11.0. The quantitative estimate of drug-likeness (QED) is 0.822. The van der Waals surface area contributed by atoms with Crippen LogP contribution >= 0.6 is 0 Å². The van der Waals surface area contributed by atoms with Gasteiger partial charge in [0.15, 0.2) is 5.82 Å². The summed E-state index contributed by atoms with van der Waals surface area (Å²) in [5, 5.41) is 7.49. The lowest BCUT2D eigenvalue weighted by Gasteiger charge is -2.04. The summed E-state index contributed by atoms with van der Waals surface area (Å²) in [5.41, 5.74) is 6.70. The molecule has 6 heteroatoms. The smallest absolute Gasteiger partial charge is 0.251 e. The maximum Gasteiger partial charge on any atom is 0.251 e. The zero-order valence-corrected chi connectivity index (χ0v) is 10.4. The molecule has 3 N–H and O–H groups in total. The van der Waals surface area contributed by atoms with E-state index < -0.39 is 5.91 Å². The third-order valence-electron chi connectivity index (χ3n) is 3.08.